The molecule has 24 nitrogen and oxygen atoms in total. The van der Waals surface area contributed by atoms with Crippen molar-refractivity contribution >= 4 is 88.4 Å². The number of benzene rings is 2. The molecule has 79 heavy (non-hydrogen) atoms. The van der Waals surface area contributed by atoms with Crippen molar-refractivity contribution < 1.29 is 52.7 Å². The van der Waals surface area contributed by atoms with E-state index in [2.05, 4.69) is 53.8 Å². The molecule has 0 radical (unpaired) electrons. The Hall–Kier alpha value is -9.22. The van der Waals surface area contributed by atoms with Crippen LogP contribution in [0.2, 0.25) is 0 Å². The lowest BCUT2D eigenvalue weighted by Crippen LogP contribution is -2.53. The first-order chi connectivity index (χ1) is 37.8. The average Bonchev–Trinajstić information content (AvgIpc) is 3.66. The highest BCUT2D eigenvalue weighted by Gasteiger charge is 2.28. The van der Waals surface area contributed by atoms with Crippen molar-refractivity contribution in [1.29, 1.82) is 0 Å². The summed E-state index contributed by atoms with van der Waals surface area (Å²) in [6.45, 7) is 10.4. The van der Waals surface area contributed by atoms with Crippen molar-refractivity contribution in [2.75, 3.05) is 43.4 Å². The number of carbonyl (C=O) groups excluding carboxylic acids is 10. The van der Waals surface area contributed by atoms with Crippen molar-refractivity contribution in [2.24, 2.45) is 16.5 Å². The van der Waals surface area contributed by atoms with Crippen molar-refractivity contribution in [2.45, 2.75) is 104 Å². The van der Waals surface area contributed by atoms with E-state index in [0.717, 1.165) is 17.7 Å². The van der Waals surface area contributed by atoms with Crippen LogP contribution in [-0.4, -0.2) is 125 Å². The topological polar surface area (TPSA) is 348 Å². The van der Waals surface area contributed by atoms with Gasteiger partial charge in [-0.3, -0.25) is 48.2 Å². The molecule has 1 aromatic heterocycles. The average molecular weight is 1090 g/mol. The quantitative estimate of drug-likeness (QED) is 0.0272. The first-order valence-corrected chi connectivity index (χ1v) is 25.9. The van der Waals surface area contributed by atoms with Gasteiger partial charge in [0.2, 0.25) is 29.5 Å². The Morgan fingerprint density at radius 1 is 0.797 bits per heavy atom. The molecule has 0 aliphatic carbocycles. The molecule has 0 bridgehead atoms. The van der Waals surface area contributed by atoms with Gasteiger partial charge in [0.05, 0.1) is 17.6 Å². The number of aliphatic imine (C=N–C) groups is 1. The zero-order chi connectivity index (χ0) is 57.4. The third-order valence-corrected chi connectivity index (χ3v) is 12.2. The predicted molar refractivity (Wildman–Crippen MR) is 295 cm³/mol. The van der Waals surface area contributed by atoms with Crippen LogP contribution in [-0.2, 0) is 51.5 Å². The van der Waals surface area contributed by atoms with Gasteiger partial charge in [0.25, 0.3) is 17.7 Å². The van der Waals surface area contributed by atoms with Gasteiger partial charge in [-0.15, -0.1) is 0 Å². The lowest BCUT2D eigenvalue weighted by molar-refractivity contribution is -0.137. The van der Waals surface area contributed by atoms with E-state index in [9.17, 15) is 47.9 Å². The molecule has 2 aromatic carbocycles. The lowest BCUT2D eigenvalue weighted by Gasteiger charge is -2.23. The molecule has 5 rings (SSSR count). The summed E-state index contributed by atoms with van der Waals surface area (Å²) in [5.74, 6) is -3.32. The predicted octanol–water partition coefficient (Wildman–Crippen LogP) is 3.72. The van der Waals surface area contributed by atoms with Crippen molar-refractivity contribution in [3.8, 4) is 0 Å². The number of carbonyl (C=O) groups is 10. The molecule has 2 aliphatic rings. The monoisotopic (exact) mass is 1090 g/mol. The number of hydrogen-bond acceptors (Lipinski definition) is 14. The number of primary amides is 1. The Balaban J connectivity index is 1.05. The summed E-state index contributed by atoms with van der Waals surface area (Å²) in [5, 5.41) is 18.3. The maximum atomic E-state index is 13.6. The number of ether oxygens (including phenoxy) is 1. The number of urea groups is 1. The van der Waals surface area contributed by atoms with Crippen LogP contribution < -0.4 is 48.7 Å². The van der Waals surface area contributed by atoms with Crippen LogP contribution in [0.15, 0.2) is 95.8 Å². The second-order valence-corrected chi connectivity index (χ2v) is 18.8. The molecule has 2 atom stereocenters. The summed E-state index contributed by atoms with van der Waals surface area (Å²) in [6, 6.07) is 9.79. The first-order valence-electron chi connectivity index (χ1n) is 25.9. The van der Waals surface area contributed by atoms with Gasteiger partial charge >= 0.3 is 12.1 Å². The molecule has 0 saturated heterocycles. The molecule has 0 unspecified atom stereocenters. The highest BCUT2D eigenvalue weighted by Crippen LogP contribution is 2.29. The number of imide groups is 1. The minimum atomic E-state index is -1.18. The zero-order valence-electron chi connectivity index (χ0n) is 44.6. The molecule has 11 N–H and O–H groups in total. The molecule has 0 fully saturated rings. The number of aromatic nitrogens is 1. The number of rotatable bonds is 29. The number of fused-ring (bicyclic) bond motifs is 1. The Kier molecular flexibility index (Phi) is 23.4. The molecule has 3 aromatic rings. The van der Waals surface area contributed by atoms with Gasteiger partial charge in [-0.05, 0) is 98.6 Å². The number of anilines is 2. The van der Waals surface area contributed by atoms with Crippen LogP contribution in [0.5, 0.6) is 0 Å². The highest BCUT2D eigenvalue weighted by molar-refractivity contribution is 6.13. The number of unbranched alkanes of at least 4 members (excludes halogenated alkanes) is 2. The molecule has 11 amide bonds. The van der Waals surface area contributed by atoms with E-state index < -0.39 is 60.3 Å². The maximum absolute atomic E-state index is 13.6. The number of alkyl carbamates (subject to hydrolysis) is 1. The molecule has 3 heterocycles. The van der Waals surface area contributed by atoms with Gasteiger partial charge in [-0.25, -0.2) is 14.6 Å². The second kappa shape index (κ2) is 30.5. The molecular weight excluding hydrogens is 1020 g/mol. The third-order valence-electron chi connectivity index (χ3n) is 12.2. The Labute approximate surface area is 457 Å². The smallest absolute Gasteiger partial charge is 0.407 e. The summed E-state index contributed by atoms with van der Waals surface area (Å²) in [6.07, 6.45) is 9.93. The van der Waals surface area contributed by atoms with Crippen LogP contribution in [0.4, 0.5) is 26.7 Å². The number of amidine groups is 1. The van der Waals surface area contributed by atoms with Crippen molar-refractivity contribution in [1.82, 2.24) is 41.4 Å². The summed E-state index contributed by atoms with van der Waals surface area (Å²) in [7, 11) is 0. The first kappa shape index (κ1) is 60.6. The van der Waals surface area contributed by atoms with Crippen LogP contribution in [0.25, 0.3) is 6.08 Å². The number of hydrogen-bond donors (Lipinski definition) is 9. The Morgan fingerprint density at radius 3 is 2.20 bits per heavy atom. The van der Waals surface area contributed by atoms with Crippen LogP contribution in [0, 0.1) is 0 Å². The standard InChI is InChI=1S/C55H69N13O11/c1-5-22-67(23-6-2)53(76)39-26-37-15-16-38(27-43(37)64-44(56)28-39)50(73)63-41-25-36(29-58-31-41)30-60-46(70)32-61-55(78)79-33-35-13-17-40(18-14-35)62-51(74)42(11-10-21-59-54(57)77)65-52(75)49(34(3)4)66-45(69)12-8-7-9-24-68-47(71)19-20-48(68)72/h13-20,25-27,29,31,42,49H,3,5-12,21-24,28,30,32-33H2,1-2,4H3,(H2,56,64)(H,60,70)(H,61,78)(H,62,74)(H,63,73)(H,65,75)(H,66,69)(H3,57,59,77)/t42-,49-/m0/s1. The molecule has 0 spiro atoms. The molecule has 24 heteroatoms. The number of nitrogens with one attached hydrogen (secondary N) is 7. The zero-order valence-corrected chi connectivity index (χ0v) is 44.6. The summed E-state index contributed by atoms with van der Waals surface area (Å²) in [4.78, 5) is 138. The maximum Gasteiger partial charge on any atom is 0.407 e. The van der Waals surface area contributed by atoms with E-state index in [-0.39, 0.29) is 75.5 Å². The van der Waals surface area contributed by atoms with E-state index in [1.165, 1.54) is 24.5 Å². The van der Waals surface area contributed by atoms with E-state index in [1.54, 1.807) is 61.5 Å². The molecule has 420 valence electrons. The Bertz CT molecular complexity index is 2840. The Morgan fingerprint density at radius 2 is 1.52 bits per heavy atom. The molecule has 0 saturated carbocycles. The van der Waals surface area contributed by atoms with Gasteiger partial charge in [0, 0.05) is 86.3 Å². The molecule has 2 aliphatic heterocycles. The fourth-order valence-electron chi connectivity index (χ4n) is 8.18. The second-order valence-electron chi connectivity index (χ2n) is 18.8. The van der Waals surface area contributed by atoms with Crippen molar-refractivity contribution in [3.05, 3.63) is 113 Å². The van der Waals surface area contributed by atoms with Crippen LogP contribution in [0.1, 0.15) is 106 Å². The summed E-state index contributed by atoms with van der Waals surface area (Å²) >= 11 is 0. The molecular formula is C55H69N13O11. The van der Waals surface area contributed by atoms with E-state index in [0.29, 0.717) is 82.8 Å². The number of amides is 11. The van der Waals surface area contributed by atoms with Crippen LogP contribution in [0.3, 0.4) is 0 Å². The normalized spacial score (nSPS) is 13.3. The van der Waals surface area contributed by atoms with E-state index in [1.807, 2.05) is 18.7 Å². The minimum absolute atomic E-state index is 0.0214. The van der Waals surface area contributed by atoms with Gasteiger partial charge in [0.1, 0.15) is 31.1 Å². The van der Waals surface area contributed by atoms with Gasteiger partial charge < -0.3 is 58.3 Å². The van der Waals surface area contributed by atoms with Crippen LogP contribution >= 0.6 is 0 Å². The number of nitrogens with zero attached hydrogens (tertiary/aromatic N) is 4. The fourth-order valence-corrected chi connectivity index (χ4v) is 8.18. The van der Waals surface area contributed by atoms with Gasteiger partial charge in [-0.2, -0.15) is 0 Å². The fraction of sp³-hybridized carbons (Fsp3) is 0.382. The summed E-state index contributed by atoms with van der Waals surface area (Å²) < 4.78 is 5.27. The largest absolute Gasteiger partial charge is 0.445 e. The van der Waals surface area contributed by atoms with E-state index >= 15 is 0 Å². The minimum Gasteiger partial charge on any atom is -0.445 e. The summed E-state index contributed by atoms with van der Waals surface area (Å²) in [5.41, 5.74) is 15.4. The number of nitrogens with two attached hydrogens (primary N) is 2. The SMILES string of the molecule is C=C(C)[C@H](NC(=O)CCCCCN1C(=O)C=CC1=O)C(=O)N[C@@H](CCCNC(N)=O)C(=O)Nc1ccc(COC(=O)NCC(=O)NCc2cncc(NC(=O)c3ccc4c(c3)N=C(N)CC(C(=O)N(CCC)CCC)=C4)c2)cc1. The number of pyridine rings is 1. The highest BCUT2D eigenvalue weighted by atomic mass is 16.5. The van der Waals surface area contributed by atoms with Gasteiger partial charge in [-0.1, -0.05) is 45.0 Å². The van der Waals surface area contributed by atoms with Gasteiger partial charge in [0.15, 0.2) is 0 Å². The van der Waals surface area contributed by atoms with E-state index in [4.69, 9.17) is 16.2 Å². The lowest BCUT2D eigenvalue weighted by atomic mass is 10.0. The third kappa shape index (κ3) is 19.7. The van der Waals surface area contributed by atoms with Crippen molar-refractivity contribution in [3.63, 3.8) is 0 Å².